The third-order valence-corrected chi connectivity index (χ3v) is 6.55. The molecule has 1 aliphatic rings. The molecule has 0 amide bonds. The number of nitrogens with two attached hydrogens (primary N) is 1. The van der Waals surface area contributed by atoms with Crippen molar-refractivity contribution in [2.45, 2.75) is 41.9 Å². The molecule has 0 bridgehead atoms. The number of benzene rings is 1. The minimum atomic E-state index is -0.880. The lowest BCUT2D eigenvalue weighted by Crippen LogP contribution is -2.45. The van der Waals surface area contributed by atoms with E-state index in [2.05, 4.69) is 20.9 Å². The number of ether oxygens (including phenoxy) is 3. The van der Waals surface area contributed by atoms with Crippen LogP contribution in [0.4, 0.5) is 0 Å². The number of rotatable bonds is 7. The highest BCUT2D eigenvalue weighted by Crippen LogP contribution is 2.35. The molecule has 1 fully saturated rings. The van der Waals surface area contributed by atoms with E-state index < -0.39 is 17.8 Å². The predicted octanol–water partition coefficient (Wildman–Crippen LogP) is 3.75. The van der Waals surface area contributed by atoms with Gasteiger partial charge in [0.15, 0.2) is 6.29 Å². The molecule has 2 heterocycles. The molecule has 6 nitrogen and oxygen atoms in total. The van der Waals surface area contributed by atoms with Gasteiger partial charge in [-0.05, 0) is 28.9 Å². The van der Waals surface area contributed by atoms with Crippen LogP contribution in [0.3, 0.4) is 0 Å². The first kappa shape index (κ1) is 22.0. The lowest BCUT2D eigenvalue weighted by atomic mass is 10.1. The van der Waals surface area contributed by atoms with Crippen LogP contribution in [-0.4, -0.2) is 47.0 Å². The van der Waals surface area contributed by atoms with Crippen molar-refractivity contribution in [2.24, 2.45) is 5.73 Å². The third kappa shape index (κ3) is 5.67. The fourth-order valence-corrected chi connectivity index (χ4v) is 4.45. The van der Waals surface area contributed by atoms with Gasteiger partial charge in [-0.3, -0.25) is 0 Å². The van der Waals surface area contributed by atoms with Gasteiger partial charge < -0.3 is 25.1 Å². The SMILES string of the molecule is C[C@H]1OC(c2ccccc2)OCC1OC(Sc1cc(Cl)cnc1Br)[C@@H](O)CN. The Balaban J connectivity index is 1.67. The van der Waals surface area contributed by atoms with E-state index in [1.807, 2.05) is 37.3 Å². The van der Waals surface area contributed by atoms with Crippen LogP contribution in [0.15, 0.2) is 52.1 Å². The Bertz CT molecular complexity index is 773. The Morgan fingerprint density at radius 2 is 2.18 bits per heavy atom. The van der Waals surface area contributed by atoms with E-state index in [-0.39, 0.29) is 18.8 Å². The number of pyridine rings is 1. The van der Waals surface area contributed by atoms with Crippen molar-refractivity contribution in [3.63, 3.8) is 0 Å². The zero-order chi connectivity index (χ0) is 20.1. The van der Waals surface area contributed by atoms with Gasteiger partial charge in [0.1, 0.15) is 22.2 Å². The Kier molecular flexibility index (Phi) is 8.13. The van der Waals surface area contributed by atoms with Gasteiger partial charge in [-0.25, -0.2) is 4.98 Å². The highest BCUT2D eigenvalue weighted by Gasteiger charge is 2.34. The van der Waals surface area contributed by atoms with E-state index in [9.17, 15) is 5.11 Å². The topological polar surface area (TPSA) is 86.8 Å². The molecule has 28 heavy (non-hydrogen) atoms. The van der Waals surface area contributed by atoms with Crippen LogP contribution in [0.5, 0.6) is 0 Å². The summed E-state index contributed by atoms with van der Waals surface area (Å²) in [4.78, 5) is 4.92. The Labute approximate surface area is 181 Å². The number of thioether (sulfide) groups is 1. The summed E-state index contributed by atoms with van der Waals surface area (Å²) in [7, 11) is 0. The molecule has 1 aromatic carbocycles. The van der Waals surface area contributed by atoms with Crippen molar-refractivity contribution in [3.8, 4) is 0 Å². The largest absolute Gasteiger partial charge is 0.388 e. The first-order chi connectivity index (χ1) is 13.5. The summed E-state index contributed by atoms with van der Waals surface area (Å²) in [6, 6.07) is 11.5. The van der Waals surface area contributed by atoms with Gasteiger partial charge in [0.25, 0.3) is 0 Å². The molecule has 0 spiro atoms. The van der Waals surface area contributed by atoms with Gasteiger partial charge in [0, 0.05) is 23.2 Å². The normalized spacial score (nSPS) is 24.7. The monoisotopic (exact) mass is 488 g/mol. The second-order valence-corrected chi connectivity index (χ2v) is 8.65. The van der Waals surface area contributed by atoms with Crippen LogP contribution in [-0.2, 0) is 14.2 Å². The molecule has 5 atom stereocenters. The Hall–Kier alpha value is -0.710. The number of aromatic nitrogens is 1. The van der Waals surface area contributed by atoms with Crippen LogP contribution in [0.1, 0.15) is 18.8 Å². The van der Waals surface area contributed by atoms with E-state index in [0.717, 1.165) is 10.5 Å². The maximum absolute atomic E-state index is 10.4. The van der Waals surface area contributed by atoms with Crippen LogP contribution >= 0.6 is 39.3 Å². The molecule has 0 radical (unpaired) electrons. The number of hydrogen-bond acceptors (Lipinski definition) is 7. The minimum Gasteiger partial charge on any atom is -0.388 e. The molecule has 3 N–H and O–H groups in total. The first-order valence-electron chi connectivity index (χ1n) is 8.81. The molecule has 1 saturated heterocycles. The summed E-state index contributed by atoms with van der Waals surface area (Å²) in [5.41, 5.74) is 6.00. The maximum atomic E-state index is 10.4. The van der Waals surface area contributed by atoms with Crippen molar-refractivity contribution in [2.75, 3.05) is 13.2 Å². The van der Waals surface area contributed by atoms with Crippen molar-refractivity contribution in [1.29, 1.82) is 0 Å². The molecule has 1 aliphatic heterocycles. The summed E-state index contributed by atoms with van der Waals surface area (Å²) in [5, 5.41) is 10.9. The van der Waals surface area contributed by atoms with E-state index in [4.69, 9.17) is 31.5 Å². The quantitative estimate of drug-likeness (QED) is 0.348. The fourth-order valence-electron chi connectivity index (χ4n) is 2.67. The van der Waals surface area contributed by atoms with Gasteiger partial charge in [0.2, 0.25) is 0 Å². The highest BCUT2D eigenvalue weighted by molar-refractivity contribution is 9.10. The smallest absolute Gasteiger partial charge is 0.184 e. The molecule has 9 heteroatoms. The average Bonchev–Trinajstić information content (AvgIpc) is 2.71. The molecule has 1 aromatic heterocycles. The summed E-state index contributed by atoms with van der Waals surface area (Å²) in [6.07, 6.45) is -0.361. The molecule has 3 rings (SSSR count). The van der Waals surface area contributed by atoms with Gasteiger partial charge in [-0.2, -0.15) is 0 Å². The van der Waals surface area contributed by atoms with Crippen LogP contribution in [0, 0.1) is 0 Å². The zero-order valence-corrected chi connectivity index (χ0v) is 18.4. The maximum Gasteiger partial charge on any atom is 0.184 e. The van der Waals surface area contributed by atoms with Crippen LogP contribution in [0.25, 0.3) is 0 Å². The second kappa shape index (κ2) is 10.4. The van der Waals surface area contributed by atoms with Crippen molar-refractivity contribution in [1.82, 2.24) is 4.98 Å². The lowest BCUT2D eigenvalue weighted by Gasteiger charge is -2.37. The van der Waals surface area contributed by atoms with E-state index >= 15 is 0 Å². The molecular weight excluding hydrogens is 468 g/mol. The number of aliphatic hydroxyl groups excluding tert-OH is 1. The molecular formula is C19H22BrClN2O4S. The molecule has 2 aromatic rings. The van der Waals surface area contributed by atoms with E-state index in [1.165, 1.54) is 11.8 Å². The van der Waals surface area contributed by atoms with Gasteiger partial charge in [-0.15, -0.1) is 0 Å². The van der Waals surface area contributed by atoms with Gasteiger partial charge in [0.05, 0.1) is 17.7 Å². The summed E-state index contributed by atoms with van der Waals surface area (Å²) in [6.45, 7) is 2.32. The van der Waals surface area contributed by atoms with Crippen molar-refractivity contribution >= 4 is 39.3 Å². The molecule has 3 unspecified atom stereocenters. The zero-order valence-electron chi connectivity index (χ0n) is 15.2. The average molecular weight is 490 g/mol. The minimum absolute atomic E-state index is 0.0543. The van der Waals surface area contributed by atoms with Gasteiger partial charge >= 0.3 is 0 Å². The molecule has 152 valence electrons. The third-order valence-electron chi connectivity index (χ3n) is 4.23. The summed E-state index contributed by atoms with van der Waals surface area (Å²) >= 11 is 10.7. The van der Waals surface area contributed by atoms with Gasteiger partial charge in [-0.1, -0.05) is 53.7 Å². The Morgan fingerprint density at radius 1 is 1.43 bits per heavy atom. The lowest BCUT2D eigenvalue weighted by molar-refractivity contribution is -0.266. The number of nitrogens with zero attached hydrogens (tertiary/aromatic N) is 1. The fraction of sp³-hybridized carbons (Fsp3) is 0.421. The van der Waals surface area contributed by atoms with Crippen LogP contribution < -0.4 is 5.73 Å². The molecule has 0 saturated carbocycles. The molecule has 0 aliphatic carbocycles. The highest BCUT2D eigenvalue weighted by atomic mass is 79.9. The van der Waals surface area contributed by atoms with E-state index in [0.29, 0.717) is 16.2 Å². The van der Waals surface area contributed by atoms with Crippen LogP contribution in [0.2, 0.25) is 5.02 Å². The second-order valence-electron chi connectivity index (χ2n) is 6.32. The van der Waals surface area contributed by atoms with Crippen molar-refractivity contribution < 1.29 is 19.3 Å². The Morgan fingerprint density at radius 3 is 2.86 bits per heavy atom. The van der Waals surface area contributed by atoms with Crippen molar-refractivity contribution in [3.05, 3.63) is 57.8 Å². The first-order valence-corrected chi connectivity index (χ1v) is 10.9. The number of halogens is 2. The standard InChI is InChI=1S/C19H22BrClN2O4S/c1-11-15(10-25-18(26-11)12-5-3-2-4-6-12)27-19(14(24)8-22)28-16-7-13(21)9-23-17(16)20/h2-7,9,11,14-15,18-19,24H,8,10,22H2,1H3/t11-,14+,15?,18?,19?/m1/s1. The summed E-state index contributed by atoms with van der Waals surface area (Å²) < 4.78 is 18.6. The number of aliphatic hydroxyl groups is 1. The number of hydrogen-bond donors (Lipinski definition) is 2. The van der Waals surface area contributed by atoms with E-state index in [1.54, 1.807) is 12.3 Å². The predicted molar refractivity (Wildman–Crippen MR) is 112 cm³/mol. The summed E-state index contributed by atoms with van der Waals surface area (Å²) in [5.74, 6) is 0.